The van der Waals surface area contributed by atoms with E-state index in [0.717, 1.165) is 24.9 Å². The van der Waals surface area contributed by atoms with Gasteiger partial charge in [0.15, 0.2) is 0 Å². The van der Waals surface area contributed by atoms with E-state index in [2.05, 4.69) is 4.90 Å². The average Bonchev–Trinajstić information content (AvgIpc) is 2.40. The third-order valence-electron chi connectivity index (χ3n) is 3.60. The van der Waals surface area contributed by atoms with Crippen LogP contribution in [0.4, 0.5) is 0 Å². The summed E-state index contributed by atoms with van der Waals surface area (Å²) in [6, 6.07) is 10.1. The number of carbonyl (C=O) groups is 1. The van der Waals surface area contributed by atoms with Gasteiger partial charge in [-0.25, -0.2) is 0 Å². The van der Waals surface area contributed by atoms with Crippen LogP contribution in [0.5, 0.6) is 0 Å². The average molecular weight is 217 g/mol. The van der Waals surface area contributed by atoms with Crippen molar-refractivity contribution in [3.05, 3.63) is 35.9 Å². The Morgan fingerprint density at radius 2 is 1.75 bits per heavy atom. The zero-order valence-corrected chi connectivity index (χ0v) is 9.86. The molecule has 0 bridgehead atoms. The van der Waals surface area contributed by atoms with Crippen LogP contribution in [0, 0.1) is 0 Å². The summed E-state index contributed by atoms with van der Waals surface area (Å²) in [4.78, 5) is 13.8. The van der Waals surface area contributed by atoms with E-state index in [1.807, 2.05) is 37.3 Å². The van der Waals surface area contributed by atoms with Gasteiger partial charge in [0.25, 0.3) is 0 Å². The van der Waals surface area contributed by atoms with Crippen molar-refractivity contribution in [3.63, 3.8) is 0 Å². The van der Waals surface area contributed by atoms with E-state index in [4.69, 9.17) is 0 Å². The Hall–Kier alpha value is -1.15. The van der Waals surface area contributed by atoms with Crippen molar-refractivity contribution in [1.82, 2.24) is 4.90 Å². The molecule has 0 N–H and O–H groups in total. The summed E-state index contributed by atoms with van der Waals surface area (Å²) in [5.74, 6) is 0. The minimum absolute atomic E-state index is 0.443. The van der Waals surface area contributed by atoms with Gasteiger partial charge < -0.3 is 4.79 Å². The molecule has 1 atom stereocenters. The molecule has 0 aromatic heterocycles. The summed E-state index contributed by atoms with van der Waals surface area (Å²) in [5, 5.41) is 0. The maximum atomic E-state index is 11.5. The van der Waals surface area contributed by atoms with Crippen molar-refractivity contribution >= 4 is 6.29 Å². The summed E-state index contributed by atoms with van der Waals surface area (Å²) in [7, 11) is 0. The fourth-order valence-corrected chi connectivity index (χ4v) is 2.46. The molecule has 0 spiro atoms. The summed E-state index contributed by atoms with van der Waals surface area (Å²) >= 11 is 0. The number of nitrogens with zero attached hydrogens (tertiary/aromatic N) is 1. The lowest BCUT2D eigenvalue weighted by Crippen LogP contribution is -2.47. The molecule has 0 amide bonds. The second-order valence-corrected chi connectivity index (χ2v) is 4.68. The van der Waals surface area contributed by atoms with E-state index < -0.39 is 5.54 Å². The van der Waals surface area contributed by atoms with Crippen molar-refractivity contribution in [2.45, 2.75) is 31.7 Å². The molecule has 1 aromatic carbocycles. The molecule has 2 rings (SSSR count). The Morgan fingerprint density at radius 3 is 2.31 bits per heavy atom. The second kappa shape index (κ2) is 4.79. The Morgan fingerprint density at radius 1 is 1.12 bits per heavy atom. The van der Waals surface area contributed by atoms with Crippen molar-refractivity contribution in [3.8, 4) is 0 Å². The van der Waals surface area contributed by atoms with Gasteiger partial charge in [0.2, 0.25) is 0 Å². The normalized spacial score (nSPS) is 21.3. The van der Waals surface area contributed by atoms with Crippen LogP contribution in [-0.4, -0.2) is 24.3 Å². The summed E-state index contributed by atoms with van der Waals surface area (Å²) in [5.41, 5.74) is 0.661. The first-order valence-corrected chi connectivity index (χ1v) is 6.04. The Kier molecular flexibility index (Phi) is 3.39. The minimum Gasteiger partial charge on any atom is -0.301 e. The number of hydrogen-bond donors (Lipinski definition) is 0. The van der Waals surface area contributed by atoms with Crippen LogP contribution in [0.1, 0.15) is 31.7 Å². The van der Waals surface area contributed by atoms with Crippen LogP contribution in [0.25, 0.3) is 0 Å². The molecule has 0 radical (unpaired) electrons. The molecular formula is C14H19NO. The summed E-state index contributed by atoms with van der Waals surface area (Å²) < 4.78 is 0. The molecule has 1 unspecified atom stereocenters. The predicted molar refractivity (Wildman–Crippen MR) is 65.3 cm³/mol. The third-order valence-corrected chi connectivity index (χ3v) is 3.60. The topological polar surface area (TPSA) is 20.3 Å². The van der Waals surface area contributed by atoms with E-state index in [9.17, 15) is 4.79 Å². The number of likely N-dealkylation sites (tertiary alicyclic amines) is 1. The monoisotopic (exact) mass is 217 g/mol. The molecule has 1 aliphatic heterocycles. The van der Waals surface area contributed by atoms with Crippen LogP contribution < -0.4 is 0 Å². The van der Waals surface area contributed by atoms with Gasteiger partial charge in [0.05, 0.1) is 5.54 Å². The van der Waals surface area contributed by atoms with Crippen LogP contribution >= 0.6 is 0 Å². The molecule has 2 heteroatoms. The molecule has 1 aromatic rings. The van der Waals surface area contributed by atoms with Gasteiger partial charge in [-0.1, -0.05) is 36.8 Å². The van der Waals surface area contributed by atoms with E-state index in [1.165, 1.54) is 19.3 Å². The third kappa shape index (κ3) is 2.03. The second-order valence-electron chi connectivity index (χ2n) is 4.68. The van der Waals surface area contributed by atoms with Gasteiger partial charge in [0.1, 0.15) is 6.29 Å². The molecule has 0 aliphatic carbocycles. The zero-order chi connectivity index (χ0) is 11.4. The predicted octanol–water partition coefficient (Wildman–Crippen LogP) is 2.59. The maximum absolute atomic E-state index is 11.5. The number of benzene rings is 1. The van der Waals surface area contributed by atoms with Gasteiger partial charge in [-0.3, -0.25) is 4.90 Å². The van der Waals surface area contributed by atoms with Crippen LogP contribution in [0.3, 0.4) is 0 Å². The fourth-order valence-electron chi connectivity index (χ4n) is 2.46. The lowest BCUT2D eigenvalue weighted by molar-refractivity contribution is -0.119. The molecule has 0 saturated carbocycles. The zero-order valence-electron chi connectivity index (χ0n) is 9.86. The molecular weight excluding hydrogens is 198 g/mol. The van der Waals surface area contributed by atoms with Gasteiger partial charge in [-0.2, -0.15) is 0 Å². The lowest BCUT2D eigenvalue weighted by Gasteiger charge is -2.40. The first-order valence-electron chi connectivity index (χ1n) is 6.04. The van der Waals surface area contributed by atoms with E-state index in [0.29, 0.717) is 0 Å². The SMILES string of the molecule is CC(C=O)(c1ccccc1)N1CCCCC1. The number of aldehydes is 1. The largest absolute Gasteiger partial charge is 0.301 e. The van der Waals surface area contributed by atoms with Crippen LogP contribution in [-0.2, 0) is 10.3 Å². The maximum Gasteiger partial charge on any atom is 0.144 e. The van der Waals surface area contributed by atoms with Crippen molar-refractivity contribution < 1.29 is 4.79 Å². The van der Waals surface area contributed by atoms with Crippen molar-refractivity contribution in [1.29, 1.82) is 0 Å². The van der Waals surface area contributed by atoms with Crippen molar-refractivity contribution in [2.75, 3.05) is 13.1 Å². The van der Waals surface area contributed by atoms with E-state index in [-0.39, 0.29) is 0 Å². The molecule has 1 fully saturated rings. The molecule has 1 aliphatic rings. The van der Waals surface area contributed by atoms with Crippen LogP contribution in [0.2, 0.25) is 0 Å². The standard InChI is InChI=1S/C14H19NO/c1-14(12-16,13-8-4-2-5-9-13)15-10-6-3-7-11-15/h2,4-5,8-9,12H,3,6-7,10-11H2,1H3. The highest BCUT2D eigenvalue weighted by Gasteiger charge is 2.33. The number of hydrogen-bond acceptors (Lipinski definition) is 2. The van der Waals surface area contributed by atoms with Crippen molar-refractivity contribution in [2.24, 2.45) is 0 Å². The van der Waals surface area contributed by atoms with Gasteiger partial charge in [-0.05, 0) is 38.4 Å². The Bertz CT molecular complexity index is 343. The highest BCUT2D eigenvalue weighted by atomic mass is 16.1. The number of carbonyl (C=O) groups excluding carboxylic acids is 1. The summed E-state index contributed by atoms with van der Waals surface area (Å²) in [6.07, 6.45) is 4.79. The first kappa shape index (κ1) is 11.3. The van der Waals surface area contributed by atoms with E-state index >= 15 is 0 Å². The van der Waals surface area contributed by atoms with Gasteiger partial charge >= 0.3 is 0 Å². The molecule has 86 valence electrons. The fraction of sp³-hybridized carbons (Fsp3) is 0.500. The highest BCUT2D eigenvalue weighted by molar-refractivity contribution is 5.67. The molecule has 1 heterocycles. The quantitative estimate of drug-likeness (QED) is 0.725. The first-order chi connectivity index (χ1) is 7.77. The van der Waals surface area contributed by atoms with Gasteiger partial charge in [-0.15, -0.1) is 0 Å². The number of rotatable bonds is 3. The Balaban J connectivity index is 2.27. The summed E-state index contributed by atoms with van der Waals surface area (Å²) in [6.45, 7) is 4.09. The molecule has 2 nitrogen and oxygen atoms in total. The van der Waals surface area contributed by atoms with E-state index in [1.54, 1.807) is 0 Å². The lowest BCUT2D eigenvalue weighted by atomic mass is 9.90. The minimum atomic E-state index is -0.443. The number of piperidine rings is 1. The van der Waals surface area contributed by atoms with Gasteiger partial charge in [0, 0.05) is 0 Å². The highest BCUT2D eigenvalue weighted by Crippen LogP contribution is 2.28. The van der Waals surface area contributed by atoms with Crippen LogP contribution in [0.15, 0.2) is 30.3 Å². The smallest absolute Gasteiger partial charge is 0.144 e. The Labute approximate surface area is 97.3 Å². The molecule has 16 heavy (non-hydrogen) atoms. The molecule has 1 saturated heterocycles.